The molecule has 0 bridgehead atoms. The minimum atomic E-state index is -0.451. The molecule has 1 aromatic carbocycles. The third-order valence-electron chi connectivity index (χ3n) is 5.71. The number of aromatic amines is 1. The summed E-state index contributed by atoms with van der Waals surface area (Å²) in [6, 6.07) is 13.5. The lowest BCUT2D eigenvalue weighted by molar-refractivity contribution is -0.117. The van der Waals surface area contributed by atoms with Crippen molar-refractivity contribution in [2.75, 3.05) is 12.4 Å². The first-order valence-corrected chi connectivity index (χ1v) is 11.3. The fourth-order valence-electron chi connectivity index (χ4n) is 3.60. The van der Waals surface area contributed by atoms with Crippen LogP contribution in [-0.2, 0) is 11.2 Å². The minimum Gasteiger partial charge on any atom is -0.320 e. The van der Waals surface area contributed by atoms with Crippen LogP contribution >= 0.6 is 0 Å². The lowest BCUT2D eigenvalue weighted by Gasteiger charge is -2.12. The number of likely N-dealkylation sites (N-methyl/N-ethyl adjacent to an activating group) is 1. The van der Waals surface area contributed by atoms with Gasteiger partial charge in [0.2, 0.25) is 5.91 Å². The summed E-state index contributed by atoms with van der Waals surface area (Å²) in [4.78, 5) is 49.0. The molecule has 0 spiro atoms. The van der Waals surface area contributed by atoms with Gasteiger partial charge in [-0.25, -0.2) is 4.39 Å². The average molecular weight is 486 g/mol. The number of hydrogen-bond acceptors (Lipinski definition) is 6. The summed E-state index contributed by atoms with van der Waals surface area (Å²) in [6.45, 7) is 1.69. The molecule has 1 amide bonds. The zero-order chi connectivity index (χ0) is 25.7. The van der Waals surface area contributed by atoms with Crippen LogP contribution in [0, 0.1) is 5.82 Å². The van der Waals surface area contributed by atoms with Crippen molar-refractivity contribution in [3.05, 3.63) is 112 Å². The molecule has 4 rings (SSSR count). The molecular formula is C27H24FN5O3. The number of anilines is 1. The van der Waals surface area contributed by atoms with E-state index in [4.69, 9.17) is 0 Å². The molecule has 3 aromatic heterocycles. The number of amides is 1. The number of H-pyrrole nitrogens is 1. The van der Waals surface area contributed by atoms with Gasteiger partial charge in [0.15, 0.2) is 5.78 Å². The second kappa shape index (κ2) is 10.8. The van der Waals surface area contributed by atoms with E-state index in [9.17, 15) is 18.8 Å². The molecule has 0 radical (unpaired) electrons. The van der Waals surface area contributed by atoms with E-state index >= 15 is 0 Å². The van der Waals surface area contributed by atoms with Gasteiger partial charge in [0, 0.05) is 41.7 Å². The van der Waals surface area contributed by atoms with E-state index in [0.717, 1.165) is 5.56 Å². The number of pyridine rings is 3. The van der Waals surface area contributed by atoms with E-state index < -0.39 is 17.4 Å². The Morgan fingerprint density at radius 3 is 2.56 bits per heavy atom. The second-order valence-corrected chi connectivity index (χ2v) is 8.21. The van der Waals surface area contributed by atoms with Gasteiger partial charge in [0.25, 0.3) is 5.56 Å². The maximum atomic E-state index is 13.2. The Hall–Kier alpha value is -4.50. The van der Waals surface area contributed by atoms with Crippen molar-refractivity contribution < 1.29 is 14.0 Å². The summed E-state index contributed by atoms with van der Waals surface area (Å²) in [6.07, 6.45) is 5.11. The Labute approximate surface area is 206 Å². The number of aromatic nitrogens is 3. The van der Waals surface area contributed by atoms with Crippen LogP contribution in [0.25, 0.3) is 11.3 Å². The molecule has 0 aliphatic heterocycles. The lowest BCUT2D eigenvalue weighted by Crippen LogP contribution is -2.36. The van der Waals surface area contributed by atoms with Crippen LogP contribution < -0.4 is 16.2 Å². The normalized spacial score (nSPS) is 11.6. The predicted octanol–water partition coefficient (Wildman–Crippen LogP) is 3.34. The molecule has 182 valence electrons. The van der Waals surface area contributed by atoms with E-state index in [1.54, 1.807) is 50.6 Å². The zero-order valence-electron chi connectivity index (χ0n) is 19.7. The third kappa shape index (κ3) is 5.59. The van der Waals surface area contributed by atoms with Gasteiger partial charge in [-0.1, -0.05) is 0 Å². The van der Waals surface area contributed by atoms with Gasteiger partial charge in [-0.2, -0.15) is 0 Å². The predicted molar refractivity (Wildman–Crippen MR) is 134 cm³/mol. The molecular weight excluding hydrogens is 461 g/mol. The number of benzene rings is 1. The van der Waals surface area contributed by atoms with Crippen molar-refractivity contribution >= 4 is 17.4 Å². The molecule has 0 fully saturated rings. The quantitative estimate of drug-likeness (QED) is 0.330. The summed E-state index contributed by atoms with van der Waals surface area (Å²) in [5.41, 5.74) is 3.10. The second-order valence-electron chi connectivity index (χ2n) is 8.21. The summed E-state index contributed by atoms with van der Waals surface area (Å²) in [7, 11) is 1.66. The van der Waals surface area contributed by atoms with E-state index in [1.807, 2.05) is 6.07 Å². The molecule has 36 heavy (non-hydrogen) atoms. The van der Waals surface area contributed by atoms with Crippen molar-refractivity contribution in [3.63, 3.8) is 0 Å². The highest BCUT2D eigenvalue weighted by Crippen LogP contribution is 2.23. The highest BCUT2D eigenvalue weighted by Gasteiger charge is 2.15. The maximum absolute atomic E-state index is 13.2. The first-order chi connectivity index (χ1) is 17.4. The topological polar surface area (TPSA) is 117 Å². The van der Waals surface area contributed by atoms with Crippen LogP contribution in [0.2, 0.25) is 0 Å². The Morgan fingerprint density at radius 1 is 1.06 bits per heavy atom. The van der Waals surface area contributed by atoms with Gasteiger partial charge in [0.1, 0.15) is 11.5 Å². The van der Waals surface area contributed by atoms with Crippen molar-refractivity contribution in [2.45, 2.75) is 19.4 Å². The van der Waals surface area contributed by atoms with Crippen LogP contribution in [0.4, 0.5) is 10.1 Å². The van der Waals surface area contributed by atoms with Crippen molar-refractivity contribution in [1.82, 2.24) is 20.3 Å². The molecule has 0 saturated carbocycles. The summed E-state index contributed by atoms with van der Waals surface area (Å²) >= 11 is 0. The highest BCUT2D eigenvalue weighted by atomic mass is 19.1. The molecule has 4 aromatic rings. The molecule has 0 saturated heterocycles. The van der Waals surface area contributed by atoms with Crippen molar-refractivity contribution in [2.24, 2.45) is 0 Å². The van der Waals surface area contributed by atoms with E-state index in [-0.39, 0.29) is 17.4 Å². The number of nitrogens with zero attached hydrogens (tertiary/aromatic N) is 2. The highest BCUT2D eigenvalue weighted by molar-refractivity contribution is 6.08. The van der Waals surface area contributed by atoms with Crippen molar-refractivity contribution in [1.29, 1.82) is 0 Å². The number of carbonyl (C=O) groups excluding carboxylic acids is 2. The van der Waals surface area contributed by atoms with Gasteiger partial charge in [-0.05, 0) is 74.1 Å². The zero-order valence-corrected chi connectivity index (χ0v) is 19.7. The van der Waals surface area contributed by atoms with Crippen LogP contribution in [0.15, 0.2) is 78.0 Å². The van der Waals surface area contributed by atoms with Crippen LogP contribution in [-0.4, -0.2) is 39.7 Å². The first-order valence-electron chi connectivity index (χ1n) is 11.3. The molecule has 3 N–H and O–H groups in total. The number of rotatable bonds is 8. The van der Waals surface area contributed by atoms with Gasteiger partial charge in [-0.3, -0.25) is 24.4 Å². The fraction of sp³-hybridized carbons (Fsp3) is 0.148. The fourth-order valence-corrected chi connectivity index (χ4v) is 3.60. The Kier molecular flexibility index (Phi) is 7.41. The van der Waals surface area contributed by atoms with Crippen LogP contribution in [0.1, 0.15) is 34.1 Å². The number of hydrogen-bond donors (Lipinski definition) is 3. The van der Waals surface area contributed by atoms with Crippen LogP contribution in [0.5, 0.6) is 0 Å². The number of nitrogens with one attached hydrogen (secondary N) is 3. The Balaban J connectivity index is 1.58. The van der Waals surface area contributed by atoms with E-state index in [2.05, 4.69) is 25.6 Å². The SMILES string of the molecule is CN[C@@H](C)C(=O)Nc1ccc(-c2cccnc2Cc2cncc(C(=O)c3ccc(F)cc3)c2)[nH]c1=O. The number of ketones is 1. The average Bonchev–Trinajstić information content (AvgIpc) is 2.90. The summed E-state index contributed by atoms with van der Waals surface area (Å²) < 4.78 is 13.2. The summed E-state index contributed by atoms with van der Waals surface area (Å²) in [5, 5.41) is 5.43. The number of halogens is 1. The minimum absolute atomic E-state index is 0.146. The van der Waals surface area contributed by atoms with E-state index in [1.165, 1.54) is 30.5 Å². The van der Waals surface area contributed by atoms with Gasteiger partial charge < -0.3 is 15.6 Å². The molecule has 0 aliphatic rings. The lowest BCUT2D eigenvalue weighted by atomic mass is 10.00. The molecule has 8 nitrogen and oxygen atoms in total. The van der Waals surface area contributed by atoms with Gasteiger partial charge >= 0.3 is 0 Å². The smallest absolute Gasteiger partial charge is 0.272 e. The molecule has 0 aliphatic carbocycles. The van der Waals surface area contributed by atoms with E-state index in [0.29, 0.717) is 34.5 Å². The Morgan fingerprint density at radius 2 is 1.83 bits per heavy atom. The summed E-state index contributed by atoms with van der Waals surface area (Å²) in [5.74, 6) is -0.998. The molecule has 0 unspecified atom stereocenters. The van der Waals surface area contributed by atoms with Crippen LogP contribution in [0.3, 0.4) is 0 Å². The molecule has 1 atom stereocenters. The largest absolute Gasteiger partial charge is 0.320 e. The molecule has 3 heterocycles. The third-order valence-corrected chi connectivity index (χ3v) is 5.71. The monoisotopic (exact) mass is 485 g/mol. The van der Waals surface area contributed by atoms with Gasteiger partial charge in [-0.15, -0.1) is 0 Å². The molecule has 9 heteroatoms. The van der Waals surface area contributed by atoms with Gasteiger partial charge in [0.05, 0.1) is 17.4 Å². The van der Waals surface area contributed by atoms with Crippen molar-refractivity contribution in [3.8, 4) is 11.3 Å². The first kappa shape index (κ1) is 24.6. The Bertz CT molecular complexity index is 1470. The number of carbonyl (C=O) groups is 2. The standard InChI is InChI=1S/C27H24FN5O3/c1-16(29-2)26(35)33-23-10-9-22(32-27(23)36)21-4-3-11-31-24(21)13-17-12-19(15-30-14-17)25(34)18-5-7-20(28)8-6-18/h3-12,14-16,29H,13H2,1-2H3,(H,32,36)(H,33,35)/t16-/m0/s1. The maximum Gasteiger partial charge on any atom is 0.272 e.